The van der Waals surface area contributed by atoms with Gasteiger partial charge in [0, 0.05) is 24.7 Å². The topological polar surface area (TPSA) is 35.5 Å². The Morgan fingerprint density at radius 3 is 2.15 bits per heavy atom. The van der Waals surface area contributed by atoms with Crippen molar-refractivity contribution in [2.75, 3.05) is 13.2 Å². The second kappa shape index (κ2) is 2.55. The molecule has 1 unspecified atom stereocenters. The third-order valence-corrected chi connectivity index (χ3v) is 3.60. The summed E-state index contributed by atoms with van der Waals surface area (Å²) in [4.78, 5) is 11.6. The average Bonchev–Trinajstić information content (AvgIpc) is 2.60. The standard InChI is InChI=1S/C10H14O3/c11-9-7-1-2-8(9)6-10(5-7)12-3-4-13-10/h7-8H,1-6H2/t7-,8?/m0/s1. The molecule has 2 aliphatic carbocycles. The van der Waals surface area contributed by atoms with E-state index in [0.717, 1.165) is 25.7 Å². The van der Waals surface area contributed by atoms with Gasteiger partial charge in [0.2, 0.25) is 0 Å². The van der Waals surface area contributed by atoms with Crippen LogP contribution >= 0.6 is 0 Å². The molecule has 0 amide bonds. The Kier molecular flexibility index (Phi) is 1.56. The van der Waals surface area contributed by atoms with Crippen LogP contribution < -0.4 is 0 Å². The van der Waals surface area contributed by atoms with Gasteiger partial charge in [-0.1, -0.05) is 0 Å². The number of ketones is 1. The van der Waals surface area contributed by atoms with Crippen LogP contribution in [0.2, 0.25) is 0 Å². The number of carbonyl (C=O) groups excluding carboxylic acids is 1. The quantitative estimate of drug-likeness (QED) is 0.563. The summed E-state index contributed by atoms with van der Waals surface area (Å²) in [6, 6.07) is 0. The maximum Gasteiger partial charge on any atom is 0.169 e. The first-order valence-electron chi connectivity index (χ1n) is 5.11. The molecule has 2 saturated carbocycles. The fourth-order valence-electron chi connectivity index (χ4n) is 2.99. The predicted molar refractivity (Wildman–Crippen MR) is 45.1 cm³/mol. The lowest BCUT2D eigenvalue weighted by Crippen LogP contribution is -2.41. The number of ether oxygens (including phenoxy) is 2. The van der Waals surface area contributed by atoms with E-state index in [4.69, 9.17) is 9.47 Å². The fourth-order valence-corrected chi connectivity index (χ4v) is 2.99. The molecule has 3 rings (SSSR count). The Morgan fingerprint density at radius 2 is 1.62 bits per heavy atom. The van der Waals surface area contributed by atoms with E-state index < -0.39 is 0 Å². The molecule has 3 aliphatic rings. The number of Topliss-reactive ketones (excluding diaryl/α,β-unsaturated/α-hetero) is 1. The molecule has 0 radical (unpaired) electrons. The normalized spacial score (nSPS) is 41.7. The maximum absolute atomic E-state index is 11.6. The van der Waals surface area contributed by atoms with Gasteiger partial charge in [-0.2, -0.15) is 0 Å². The van der Waals surface area contributed by atoms with Crippen molar-refractivity contribution in [1.82, 2.24) is 0 Å². The molecule has 0 aromatic heterocycles. The Morgan fingerprint density at radius 1 is 1.08 bits per heavy atom. The Labute approximate surface area is 77.4 Å². The first-order valence-corrected chi connectivity index (χ1v) is 5.11. The molecular formula is C10H14O3. The molecule has 2 atom stereocenters. The Balaban J connectivity index is 1.85. The number of carbonyl (C=O) groups is 1. The highest BCUT2D eigenvalue weighted by Gasteiger charge is 2.52. The van der Waals surface area contributed by atoms with Crippen LogP contribution in [0.1, 0.15) is 25.7 Å². The van der Waals surface area contributed by atoms with Crippen molar-refractivity contribution < 1.29 is 14.3 Å². The van der Waals surface area contributed by atoms with Crippen LogP contribution in [0.3, 0.4) is 0 Å². The minimum absolute atomic E-state index is 0.233. The highest BCUT2D eigenvalue weighted by atomic mass is 16.7. The van der Waals surface area contributed by atoms with Gasteiger partial charge in [-0.05, 0) is 12.8 Å². The van der Waals surface area contributed by atoms with Crippen LogP contribution in [0.5, 0.6) is 0 Å². The van der Waals surface area contributed by atoms with Gasteiger partial charge < -0.3 is 9.47 Å². The van der Waals surface area contributed by atoms with Crippen LogP contribution in [-0.4, -0.2) is 24.8 Å². The average molecular weight is 182 g/mol. The molecule has 2 bridgehead atoms. The van der Waals surface area contributed by atoms with E-state index >= 15 is 0 Å². The zero-order valence-electron chi connectivity index (χ0n) is 7.62. The molecule has 3 fully saturated rings. The van der Waals surface area contributed by atoms with Crippen LogP contribution in [-0.2, 0) is 14.3 Å². The number of rotatable bonds is 0. The number of hydrogen-bond acceptors (Lipinski definition) is 3. The smallest absolute Gasteiger partial charge is 0.169 e. The number of hydrogen-bond donors (Lipinski definition) is 0. The van der Waals surface area contributed by atoms with Crippen molar-refractivity contribution in [2.24, 2.45) is 11.8 Å². The Hall–Kier alpha value is -0.410. The molecule has 1 heterocycles. The SMILES string of the molecule is O=C1C2CC[C@H]1CC1(C2)OCCO1. The summed E-state index contributed by atoms with van der Waals surface area (Å²) in [6.45, 7) is 1.40. The Bertz CT molecular complexity index is 225. The van der Waals surface area contributed by atoms with E-state index in [-0.39, 0.29) is 17.6 Å². The zero-order chi connectivity index (χ0) is 8.89. The molecule has 0 N–H and O–H groups in total. The molecule has 0 aromatic rings. The highest BCUT2D eigenvalue weighted by Crippen LogP contribution is 2.47. The number of fused-ring (bicyclic) bond motifs is 2. The van der Waals surface area contributed by atoms with Crippen LogP contribution in [0.25, 0.3) is 0 Å². The summed E-state index contributed by atoms with van der Waals surface area (Å²) in [7, 11) is 0. The minimum atomic E-state index is -0.361. The molecule has 0 aromatic carbocycles. The van der Waals surface area contributed by atoms with Crippen molar-refractivity contribution in [1.29, 1.82) is 0 Å². The van der Waals surface area contributed by atoms with Crippen molar-refractivity contribution >= 4 is 5.78 Å². The van der Waals surface area contributed by atoms with Crippen LogP contribution in [0.4, 0.5) is 0 Å². The van der Waals surface area contributed by atoms with Gasteiger partial charge in [-0.3, -0.25) is 4.79 Å². The van der Waals surface area contributed by atoms with Gasteiger partial charge in [-0.25, -0.2) is 0 Å². The molecule has 13 heavy (non-hydrogen) atoms. The third kappa shape index (κ3) is 1.07. The van der Waals surface area contributed by atoms with Gasteiger partial charge in [0.05, 0.1) is 13.2 Å². The third-order valence-electron chi connectivity index (χ3n) is 3.60. The molecule has 1 saturated heterocycles. The van der Waals surface area contributed by atoms with Gasteiger partial charge >= 0.3 is 0 Å². The molecule has 3 nitrogen and oxygen atoms in total. The van der Waals surface area contributed by atoms with E-state index in [0.29, 0.717) is 19.0 Å². The summed E-state index contributed by atoms with van der Waals surface area (Å²) < 4.78 is 11.3. The van der Waals surface area contributed by atoms with E-state index in [1.54, 1.807) is 0 Å². The summed E-state index contributed by atoms with van der Waals surface area (Å²) in [5, 5.41) is 0. The van der Waals surface area contributed by atoms with Gasteiger partial charge in [0.25, 0.3) is 0 Å². The maximum atomic E-state index is 11.6. The first kappa shape index (κ1) is 7.94. The largest absolute Gasteiger partial charge is 0.347 e. The van der Waals surface area contributed by atoms with Gasteiger partial charge in [0.15, 0.2) is 5.79 Å². The molecule has 3 heteroatoms. The van der Waals surface area contributed by atoms with Crippen LogP contribution in [0, 0.1) is 11.8 Å². The first-order chi connectivity index (χ1) is 6.29. The highest BCUT2D eigenvalue weighted by molar-refractivity contribution is 5.86. The fraction of sp³-hybridized carbons (Fsp3) is 0.900. The van der Waals surface area contributed by atoms with Gasteiger partial charge in [0.1, 0.15) is 5.78 Å². The predicted octanol–water partition coefficient (Wildman–Crippen LogP) is 1.12. The van der Waals surface area contributed by atoms with E-state index in [9.17, 15) is 4.79 Å². The van der Waals surface area contributed by atoms with Crippen molar-refractivity contribution in [3.63, 3.8) is 0 Å². The van der Waals surface area contributed by atoms with E-state index in [1.807, 2.05) is 0 Å². The lowest BCUT2D eigenvalue weighted by atomic mass is 9.83. The minimum Gasteiger partial charge on any atom is -0.347 e. The summed E-state index contributed by atoms with van der Waals surface area (Å²) in [5.41, 5.74) is 0. The summed E-state index contributed by atoms with van der Waals surface area (Å²) in [6.07, 6.45) is 3.72. The monoisotopic (exact) mass is 182 g/mol. The summed E-state index contributed by atoms with van der Waals surface area (Å²) >= 11 is 0. The zero-order valence-corrected chi connectivity index (χ0v) is 7.62. The summed E-state index contributed by atoms with van der Waals surface area (Å²) in [5.74, 6) is 0.568. The van der Waals surface area contributed by atoms with Crippen molar-refractivity contribution in [3.8, 4) is 0 Å². The van der Waals surface area contributed by atoms with Gasteiger partial charge in [-0.15, -0.1) is 0 Å². The molecule has 1 aliphatic heterocycles. The van der Waals surface area contributed by atoms with Crippen molar-refractivity contribution in [2.45, 2.75) is 31.5 Å². The second-order valence-electron chi connectivity index (χ2n) is 4.39. The lowest BCUT2D eigenvalue weighted by Gasteiger charge is -2.34. The second-order valence-corrected chi connectivity index (χ2v) is 4.39. The lowest BCUT2D eigenvalue weighted by molar-refractivity contribution is -0.191. The van der Waals surface area contributed by atoms with Crippen LogP contribution in [0.15, 0.2) is 0 Å². The van der Waals surface area contributed by atoms with E-state index in [2.05, 4.69) is 0 Å². The molecular weight excluding hydrogens is 168 g/mol. The van der Waals surface area contributed by atoms with E-state index in [1.165, 1.54) is 0 Å². The molecule has 72 valence electrons. The molecule has 1 spiro atoms. The van der Waals surface area contributed by atoms with Crippen molar-refractivity contribution in [3.05, 3.63) is 0 Å².